The lowest BCUT2D eigenvalue weighted by Gasteiger charge is -2.52. The van der Waals surface area contributed by atoms with Crippen molar-refractivity contribution in [3.05, 3.63) is 11.6 Å². The summed E-state index contributed by atoms with van der Waals surface area (Å²) in [5, 5.41) is 11.4. The van der Waals surface area contributed by atoms with Crippen LogP contribution in [0.5, 0.6) is 0 Å². The van der Waals surface area contributed by atoms with Gasteiger partial charge in [0.25, 0.3) is 0 Å². The quantitative estimate of drug-likeness (QED) is 0.614. The Hall–Kier alpha value is -0.770. The number of nitrogens with two attached hydrogens (primary N) is 1. The van der Waals surface area contributed by atoms with Crippen LogP contribution >= 0.6 is 34.9 Å². The Balaban J connectivity index is 1.72. The first-order valence-corrected chi connectivity index (χ1v) is 8.88. The number of carboxylic acid groups (broad SMARTS) is 1. The fourth-order valence-electron chi connectivity index (χ4n) is 2.29. The van der Waals surface area contributed by atoms with Gasteiger partial charge < -0.3 is 15.7 Å². The van der Waals surface area contributed by atoms with Crippen molar-refractivity contribution in [1.29, 1.82) is 0 Å². The van der Waals surface area contributed by atoms with Crippen molar-refractivity contribution in [3.63, 3.8) is 0 Å². The second kappa shape index (κ2) is 5.21. The van der Waals surface area contributed by atoms with Crippen LogP contribution in [-0.4, -0.2) is 56.3 Å². The van der Waals surface area contributed by atoms with Crippen LogP contribution in [0.3, 0.4) is 0 Å². The molecule has 108 valence electrons. The Morgan fingerprint density at radius 2 is 2.50 bits per heavy atom. The van der Waals surface area contributed by atoms with E-state index in [1.165, 1.54) is 34.9 Å². The summed E-state index contributed by atoms with van der Waals surface area (Å²) in [6.45, 7) is 0.241. The van der Waals surface area contributed by atoms with Gasteiger partial charge in [-0.25, -0.2) is 4.98 Å². The van der Waals surface area contributed by atoms with Crippen molar-refractivity contribution < 1.29 is 14.7 Å². The van der Waals surface area contributed by atoms with E-state index in [1.807, 2.05) is 5.38 Å². The molecule has 1 aromatic heterocycles. The van der Waals surface area contributed by atoms with Crippen molar-refractivity contribution in [1.82, 2.24) is 9.88 Å². The van der Waals surface area contributed by atoms with Crippen LogP contribution in [0.25, 0.3) is 0 Å². The molecule has 1 aromatic rings. The Bertz CT molecular complexity index is 538. The third kappa shape index (κ3) is 2.22. The van der Waals surface area contributed by atoms with Crippen molar-refractivity contribution >= 4 is 46.7 Å². The summed E-state index contributed by atoms with van der Waals surface area (Å²) >= 11 is 4.39. The number of aliphatic carboxylic acids is 1. The van der Waals surface area contributed by atoms with Gasteiger partial charge in [-0.15, -0.1) is 23.1 Å². The fraction of sp³-hybridized carbons (Fsp3) is 0.545. The second-order valence-electron chi connectivity index (χ2n) is 4.87. The van der Waals surface area contributed by atoms with Crippen LogP contribution in [0.4, 0.5) is 0 Å². The summed E-state index contributed by atoms with van der Waals surface area (Å²) in [5.74, 6) is -0.120. The van der Waals surface area contributed by atoms with Crippen LogP contribution < -0.4 is 5.73 Å². The SMILES string of the molecule is NC1C(=O)N2CC(CSc3nccs3)(C(=O)O)CS[C@H]12. The highest BCUT2D eigenvalue weighted by Gasteiger charge is 2.55. The molecule has 0 radical (unpaired) electrons. The van der Waals surface area contributed by atoms with E-state index in [9.17, 15) is 14.7 Å². The minimum atomic E-state index is -0.923. The highest BCUT2D eigenvalue weighted by atomic mass is 32.2. The maximum absolute atomic E-state index is 11.7. The maximum Gasteiger partial charge on any atom is 0.313 e. The standard InChI is InChI=1S/C11H13N3O3S3/c12-6-7(15)14-3-11(9(16)17,4-19-8(6)14)5-20-10-13-1-2-18-10/h1-2,6,8H,3-5,12H2,(H,16,17)/t6?,8-,11?/m1/s1. The van der Waals surface area contributed by atoms with E-state index < -0.39 is 17.4 Å². The number of carbonyl (C=O) groups is 2. The van der Waals surface area contributed by atoms with Gasteiger partial charge in [0.15, 0.2) is 0 Å². The van der Waals surface area contributed by atoms with E-state index in [-0.39, 0.29) is 17.8 Å². The Labute approximate surface area is 128 Å². The summed E-state index contributed by atoms with van der Waals surface area (Å²) in [7, 11) is 0. The predicted molar refractivity (Wildman–Crippen MR) is 78.8 cm³/mol. The summed E-state index contributed by atoms with van der Waals surface area (Å²) in [6.07, 6.45) is 1.70. The lowest BCUT2D eigenvalue weighted by molar-refractivity contribution is -0.155. The van der Waals surface area contributed by atoms with Gasteiger partial charge in [0.2, 0.25) is 5.91 Å². The molecule has 2 unspecified atom stereocenters. The first kappa shape index (κ1) is 14.2. The molecule has 3 N–H and O–H groups in total. The first-order chi connectivity index (χ1) is 9.53. The molecule has 20 heavy (non-hydrogen) atoms. The predicted octanol–water partition coefficient (Wildman–Crippen LogP) is 0.549. The van der Waals surface area contributed by atoms with Gasteiger partial charge in [-0.2, -0.15) is 0 Å². The summed E-state index contributed by atoms with van der Waals surface area (Å²) in [4.78, 5) is 29.1. The van der Waals surface area contributed by atoms with Crippen molar-refractivity contribution in [2.24, 2.45) is 11.1 Å². The Morgan fingerprint density at radius 3 is 3.15 bits per heavy atom. The van der Waals surface area contributed by atoms with E-state index >= 15 is 0 Å². The van der Waals surface area contributed by atoms with Crippen molar-refractivity contribution in [2.45, 2.75) is 15.8 Å². The molecule has 2 aliphatic rings. The molecular formula is C11H13N3O3S3. The third-order valence-corrected chi connectivity index (χ3v) is 7.39. The summed E-state index contributed by atoms with van der Waals surface area (Å²) in [6, 6.07) is -0.474. The normalized spacial score (nSPS) is 32.6. The number of hydrogen-bond acceptors (Lipinski definition) is 7. The molecule has 0 aliphatic carbocycles. The first-order valence-electron chi connectivity index (χ1n) is 5.97. The van der Waals surface area contributed by atoms with E-state index in [0.717, 1.165) is 4.34 Å². The minimum Gasteiger partial charge on any atom is -0.481 e. The number of thioether (sulfide) groups is 2. The number of thiazole rings is 1. The van der Waals surface area contributed by atoms with E-state index in [1.54, 1.807) is 11.1 Å². The van der Waals surface area contributed by atoms with Crippen molar-refractivity contribution in [3.8, 4) is 0 Å². The Kier molecular flexibility index (Phi) is 3.69. The van der Waals surface area contributed by atoms with Crippen molar-refractivity contribution in [2.75, 3.05) is 18.1 Å². The van der Waals surface area contributed by atoms with E-state index in [4.69, 9.17) is 5.73 Å². The molecule has 9 heteroatoms. The minimum absolute atomic E-state index is 0.0557. The molecule has 0 spiro atoms. The molecule has 2 aliphatic heterocycles. The number of nitrogens with zero attached hydrogens (tertiary/aromatic N) is 2. The average molecular weight is 331 g/mol. The lowest BCUT2D eigenvalue weighted by atomic mass is 9.89. The molecule has 2 fully saturated rings. The van der Waals surface area contributed by atoms with Gasteiger partial charge in [-0.1, -0.05) is 11.8 Å². The number of hydrogen-bond donors (Lipinski definition) is 2. The van der Waals surface area contributed by atoms with E-state index in [2.05, 4.69) is 4.98 Å². The van der Waals surface area contributed by atoms with Crippen LogP contribution in [-0.2, 0) is 9.59 Å². The molecule has 0 aromatic carbocycles. The number of carboxylic acids is 1. The topological polar surface area (TPSA) is 96.5 Å². The fourth-order valence-corrected chi connectivity index (χ4v) is 5.73. The number of β-lactam (4-membered cyclic amide) rings is 1. The van der Waals surface area contributed by atoms with Crippen LogP contribution in [0.15, 0.2) is 15.9 Å². The molecule has 3 atom stereocenters. The number of rotatable bonds is 4. The van der Waals surface area contributed by atoms with Crippen LogP contribution in [0.2, 0.25) is 0 Å². The van der Waals surface area contributed by atoms with Crippen LogP contribution in [0.1, 0.15) is 0 Å². The molecular weight excluding hydrogens is 318 g/mol. The zero-order chi connectivity index (χ0) is 14.3. The molecule has 1 amide bonds. The zero-order valence-corrected chi connectivity index (χ0v) is 12.8. The van der Waals surface area contributed by atoms with Gasteiger partial charge in [-0.3, -0.25) is 9.59 Å². The van der Waals surface area contributed by atoms with Gasteiger partial charge in [0.1, 0.15) is 21.2 Å². The highest BCUT2D eigenvalue weighted by molar-refractivity contribution is 8.01. The summed E-state index contributed by atoms with van der Waals surface area (Å²) < 4.78 is 0.851. The molecule has 2 saturated heterocycles. The van der Waals surface area contributed by atoms with Crippen LogP contribution in [0, 0.1) is 5.41 Å². The number of amides is 1. The number of aromatic nitrogens is 1. The number of carbonyl (C=O) groups excluding carboxylic acids is 1. The third-order valence-electron chi connectivity index (χ3n) is 3.52. The molecule has 3 heterocycles. The smallest absolute Gasteiger partial charge is 0.313 e. The lowest BCUT2D eigenvalue weighted by Crippen LogP contribution is -2.72. The maximum atomic E-state index is 11.7. The van der Waals surface area contributed by atoms with Gasteiger partial charge in [0, 0.05) is 29.6 Å². The van der Waals surface area contributed by atoms with E-state index in [0.29, 0.717) is 11.5 Å². The van der Waals surface area contributed by atoms with Gasteiger partial charge >= 0.3 is 5.97 Å². The zero-order valence-electron chi connectivity index (χ0n) is 10.4. The highest BCUT2D eigenvalue weighted by Crippen LogP contribution is 2.43. The largest absolute Gasteiger partial charge is 0.481 e. The second-order valence-corrected chi connectivity index (χ2v) is 8.09. The molecule has 0 saturated carbocycles. The van der Waals surface area contributed by atoms with Gasteiger partial charge in [-0.05, 0) is 0 Å². The molecule has 0 bridgehead atoms. The van der Waals surface area contributed by atoms with Gasteiger partial charge in [0.05, 0.1) is 0 Å². The monoisotopic (exact) mass is 331 g/mol. The summed E-state index contributed by atoms with van der Waals surface area (Å²) in [5.41, 5.74) is 4.80. The molecule has 3 rings (SSSR count). The Morgan fingerprint density at radius 1 is 1.70 bits per heavy atom. The average Bonchev–Trinajstić information content (AvgIpc) is 2.97. The molecule has 6 nitrogen and oxygen atoms in total. The number of fused-ring (bicyclic) bond motifs is 1.